The topological polar surface area (TPSA) is 60.5 Å². The Labute approximate surface area is 152 Å². The number of nitrogens with one attached hydrogen (secondary N) is 1. The fourth-order valence-corrected chi connectivity index (χ4v) is 2.76. The van der Waals surface area contributed by atoms with Gasteiger partial charge in [-0.2, -0.15) is 0 Å². The molecule has 1 aromatic heterocycles. The second kappa shape index (κ2) is 7.42. The van der Waals surface area contributed by atoms with Crippen LogP contribution in [0.25, 0.3) is 11.1 Å². The van der Waals surface area contributed by atoms with Gasteiger partial charge in [0.2, 0.25) is 0 Å². The minimum atomic E-state index is -0.336. The summed E-state index contributed by atoms with van der Waals surface area (Å²) >= 11 is 6.24. The fourth-order valence-electron chi connectivity index (χ4n) is 2.55. The van der Waals surface area contributed by atoms with E-state index in [4.69, 9.17) is 21.1 Å². The van der Waals surface area contributed by atoms with Crippen LogP contribution in [0.15, 0.2) is 36.5 Å². The average Bonchev–Trinajstić information content (AvgIpc) is 3.42. The lowest BCUT2D eigenvalue weighted by atomic mass is 10.1. The zero-order valence-electron chi connectivity index (χ0n) is 14.3. The molecule has 0 amide bonds. The molecule has 1 saturated carbocycles. The van der Waals surface area contributed by atoms with Gasteiger partial charge in [-0.25, -0.2) is 9.78 Å². The third-order valence-corrected chi connectivity index (χ3v) is 4.72. The molecule has 1 aromatic carbocycles. The highest BCUT2D eigenvalue weighted by Gasteiger charge is 2.41. The summed E-state index contributed by atoms with van der Waals surface area (Å²) in [5.74, 6) is 0.340. The molecule has 0 bridgehead atoms. The molecule has 0 spiro atoms. The second-order valence-electron chi connectivity index (χ2n) is 6.13. The Kier molecular flexibility index (Phi) is 5.25. The molecule has 0 unspecified atom stereocenters. The van der Waals surface area contributed by atoms with Gasteiger partial charge < -0.3 is 14.8 Å². The fraction of sp³-hybridized carbons (Fsp3) is 0.368. The molecule has 0 saturated heterocycles. The van der Waals surface area contributed by atoms with Gasteiger partial charge in [0.1, 0.15) is 17.5 Å². The van der Waals surface area contributed by atoms with Crippen molar-refractivity contribution in [3.63, 3.8) is 0 Å². The van der Waals surface area contributed by atoms with Crippen LogP contribution in [0.3, 0.4) is 0 Å². The van der Waals surface area contributed by atoms with Crippen molar-refractivity contribution in [2.45, 2.75) is 25.3 Å². The van der Waals surface area contributed by atoms with E-state index in [-0.39, 0.29) is 11.5 Å². The first-order valence-electron chi connectivity index (χ1n) is 8.32. The molecule has 5 nitrogen and oxygen atoms in total. The van der Waals surface area contributed by atoms with Crippen molar-refractivity contribution in [3.05, 3.63) is 47.2 Å². The van der Waals surface area contributed by atoms with Gasteiger partial charge in [-0.05, 0) is 50.6 Å². The number of carbonyl (C=O) groups excluding carboxylic acids is 1. The maximum atomic E-state index is 11.7. The quantitative estimate of drug-likeness (QED) is 0.602. The lowest BCUT2D eigenvalue weighted by molar-refractivity contribution is 0.0526. The molecule has 1 heterocycles. The summed E-state index contributed by atoms with van der Waals surface area (Å²) in [6.45, 7) is 2.74. The average molecular weight is 361 g/mol. The molecule has 6 heteroatoms. The summed E-state index contributed by atoms with van der Waals surface area (Å²) in [5.41, 5.74) is 2.24. The largest absolute Gasteiger partial charge is 0.490 e. The smallest absolute Gasteiger partial charge is 0.338 e. The van der Waals surface area contributed by atoms with E-state index in [2.05, 4.69) is 10.3 Å². The molecular formula is C19H21ClN2O3. The Bertz CT molecular complexity index is 758. The van der Waals surface area contributed by atoms with Crippen LogP contribution in [0.4, 0.5) is 0 Å². The Hall–Kier alpha value is -2.11. The summed E-state index contributed by atoms with van der Waals surface area (Å²) in [6, 6.07) is 8.97. The molecule has 1 aliphatic rings. The number of hydrogen-bond acceptors (Lipinski definition) is 5. The van der Waals surface area contributed by atoms with Crippen LogP contribution in [0, 0.1) is 0 Å². The minimum Gasteiger partial charge on any atom is -0.490 e. The van der Waals surface area contributed by atoms with Gasteiger partial charge in [-0.3, -0.25) is 0 Å². The monoisotopic (exact) mass is 360 g/mol. The molecule has 1 N–H and O–H groups in total. The molecule has 25 heavy (non-hydrogen) atoms. The highest BCUT2D eigenvalue weighted by Crippen LogP contribution is 2.36. The number of benzene rings is 1. The van der Waals surface area contributed by atoms with E-state index >= 15 is 0 Å². The molecule has 0 atom stereocenters. The number of rotatable bonds is 7. The number of hydrogen-bond donors (Lipinski definition) is 1. The van der Waals surface area contributed by atoms with E-state index in [1.807, 2.05) is 25.2 Å². The lowest BCUT2D eigenvalue weighted by Gasteiger charge is -2.16. The van der Waals surface area contributed by atoms with Crippen molar-refractivity contribution < 1.29 is 14.3 Å². The van der Waals surface area contributed by atoms with Crippen LogP contribution in [0.1, 0.15) is 30.1 Å². The maximum absolute atomic E-state index is 11.7. The molecule has 0 radical (unpaired) electrons. The Morgan fingerprint density at radius 1 is 1.32 bits per heavy atom. The van der Waals surface area contributed by atoms with Gasteiger partial charge >= 0.3 is 5.97 Å². The number of likely N-dealkylation sites (N-methyl/N-ethyl adjacent to an activating group) is 1. The van der Waals surface area contributed by atoms with E-state index in [9.17, 15) is 4.79 Å². The summed E-state index contributed by atoms with van der Waals surface area (Å²) in [5, 5.41) is 3.69. The normalized spacial score (nSPS) is 14.8. The van der Waals surface area contributed by atoms with Crippen LogP contribution in [0.2, 0.25) is 5.15 Å². The van der Waals surface area contributed by atoms with Crippen LogP contribution >= 0.6 is 11.6 Å². The van der Waals surface area contributed by atoms with E-state index < -0.39 is 0 Å². The zero-order chi connectivity index (χ0) is 17.9. The molecule has 3 rings (SSSR count). The van der Waals surface area contributed by atoms with E-state index in [1.54, 1.807) is 25.3 Å². The first-order chi connectivity index (χ1) is 12.1. The van der Waals surface area contributed by atoms with Crippen molar-refractivity contribution in [1.82, 2.24) is 10.3 Å². The van der Waals surface area contributed by atoms with Gasteiger partial charge in [0.05, 0.1) is 23.9 Å². The molecule has 0 aliphatic heterocycles. The third kappa shape index (κ3) is 4.11. The molecule has 1 aliphatic carbocycles. The standard InChI is InChI=1S/C19H21ClN2O3/c1-3-24-18(23)14-6-4-13(5-7-14)16-10-15(11-22-17(16)20)25-12-19(21-2)8-9-19/h4-7,10-11,21H,3,8-9,12H2,1-2H3. The van der Waals surface area contributed by atoms with Gasteiger partial charge in [0.15, 0.2) is 0 Å². The first-order valence-corrected chi connectivity index (χ1v) is 8.69. The van der Waals surface area contributed by atoms with E-state index in [0.717, 1.165) is 24.0 Å². The lowest BCUT2D eigenvalue weighted by Crippen LogP contribution is -2.33. The second-order valence-corrected chi connectivity index (χ2v) is 6.48. The van der Waals surface area contributed by atoms with Crippen molar-refractivity contribution in [2.24, 2.45) is 0 Å². The molecule has 132 valence electrons. The number of pyridine rings is 1. The summed E-state index contributed by atoms with van der Waals surface area (Å²) in [7, 11) is 1.95. The number of esters is 1. The van der Waals surface area contributed by atoms with Gasteiger partial charge in [0, 0.05) is 5.56 Å². The Balaban J connectivity index is 1.77. The highest BCUT2D eigenvalue weighted by atomic mass is 35.5. The SMILES string of the molecule is CCOC(=O)c1ccc(-c2cc(OCC3(NC)CC3)cnc2Cl)cc1. The van der Waals surface area contributed by atoms with Crippen LogP contribution < -0.4 is 10.1 Å². The predicted octanol–water partition coefficient (Wildman–Crippen LogP) is 3.71. The Morgan fingerprint density at radius 2 is 2.04 bits per heavy atom. The van der Waals surface area contributed by atoms with Crippen LogP contribution in [-0.2, 0) is 4.74 Å². The first kappa shape index (κ1) is 17.7. The number of halogens is 1. The third-order valence-electron chi connectivity index (χ3n) is 4.42. The predicted molar refractivity (Wildman–Crippen MR) is 97.2 cm³/mol. The van der Waals surface area contributed by atoms with Crippen molar-refractivity contribution in [1.29, 1.82) is 0 Å². The van der Waals surface area contributed by atoms with Crippen molar-refractivity contribution in [2.75, 3.05) is 20.3 Å². The van der Waals surface area contributed by atoms with Crippen molar-refractivity contribution in [3.8, 4) is 16.9 Å². The van der Waals surface area contributed by atoms with Gasteiger partial charge in [-0.15, -0.1) is 0 Å². The van der Waals surface area contributed by atoms with Gasteiger partial charge in [0.25, 0.3) is 0 Å². The van der Waals surface area contributed by atoms with E-state index in [0.29, 0.717) is 29.7 Å². The molecule has 2 aromatic rings. The number of aromatic nitrogens is 1. The molecular weight excluding hydrogens is 340 g/mol. The van der Waals surface area contributed by atoms with Gasteiger partial charge in [-0.1, -0.05) is 23.7 Å². The highest BCUT2D eigenvalue weighted by molar-refractivity contribution is 6.32. The Morgan fingerprint density at radius 3 is 2.64 bits per heavy atom. The summed E-state index contributed by atoms with van der Waals surface area (Å²) in [4.78, 5) is 16.0. The summed E-state index contributed by atoms with van der Waals surface area (Å²) in [6.07, 6.45) is 3.87. The number of ether oxygens (including phenoxy) is 2. The van der Waals surface area contributed by atoms with Crippen molar-refractivity contribution >= 4 is 17.6 Å². The zero-order valence-corrected chi connectivity index (χ0v) is 15.1. The van der Waals surface area contributed by atoms with Crippen LogP contribution in [0.5, 0.6) is 5.75 Å². The van der Waals surface area contributed by atoms with Crippen LogP contribution in [-0.4, -0.2) is 36.8 Å². The maximum Gasteiger partial charge on any atom is 0.338 e. The van der Waals surface area contributed by atoms with E-state index in [1.165, 1.54) is 0 Å². The minimum absolute atomic E-state index is 0.0983. The molecule has 1 fully saturated rings. The number of carbonyl (C=O) groups is 1. The summed E-state index contributed by atoms with van der Waals surface area (Å²) < 4.78 is 10.9. The number of nitrogens with zero attached hydrogens (tertiary/aromatic N) is 1.